The molecule has 1 aliphatic rings. The zero-order valence-corrected chi connectivity index (χ0v) is 7.89. The fourth-order valence-electron chi connectivity index (χ4n) is 1.35. The van der Waals surface area contributed by atoms with Gasteiger partial charge in [0.25, 0.3) is 0 Å². The maximum atomic E-state index is 5.54. The molecule has 0 spiro atoms. The predicted octanol–water partition coefficient (Wildman–Crippen LogP) is 1.17. The van der Waals surface area contributed by atoms with Crippen molar-refractivity contribution in [3.63, 3.8) is 0 Å². The highest BCUT2D eigenvalue weighted by Gasteiger charge is 2.16. The van der Waals surface area contributed by atoms with Crippen molar-refractivity contribution in [2.45, 2.75) is 38.8 Å². The molecule has 2 atom stereocenters. The minimum Gasteiger partial charge on any atom is -0.364 e. The summed E-state index contributed by atoms with van der Waals surface area (Å²) in [7, 11) is 0. The molecule has 0 saturated carbocycles. The van der Waals surface area contributed by atoms with Crippen LogP contribution in [0.25, 0.3) is 0 Å². The highest BCUT2D eigenvalue weighted by atomic mass is 16.5. The lowest BCUT2D eigenvalue weighted by Crippen LogP contribution is -2.41. The number of hydrogen-bond donors (Lipinski definition) is 1. The molecular formula is C10H17NO. The van der Waals surface area contributed by atoms with Crippen LogP contribution >= 0.6 is 0 Å². The third kappa shape index (κ3) is 3.25. The lowest BCUT2D eigenvalue weighted by molar-refractivity contribution is 0.0517. The molecule has 2 unspecified atom stereocenters. The van der Waals surface area contributed by atoms with E-state index in [4.69, 9.17) is 4.74 Å². The molecule has 0 aromatic heterocycles. The van der Waals surface area contributed by atoms with E-state index in [1.807, 2.05) is 6.92 Å². The first-order valence-electron chi connectivity index (χ1n) is 4.57. The Hall–Kier alpha value is -0.520. The summed E-state index contributed by atoms with van der Waals surface area (Å²) >= 11 is 0. The summed E-state index contributed by atoms with van der Waals surface area (Å²) in [6.07, 6.45) is 2.76. The summed E-state index contributed by atoms with van der Waals surface area (Å²) in [4.78, 5) is 0. The molecule has 0 aromatic carbocycles. The topological polar surface area (TPSA) is 21.3 Å². The molecule has 0 radical (unpaired) electrons. The first kappa shape index (κ1) is 9.57. The van der Waals surface area contributed by atoms with Crippen molar-refractivity contribution in [2.75, 3.05) is 13.2 Å². The Balaban J connectivity index is 2.12. The summed E-state index contributed by atoms with van der Waals surface area (Å²) in [5, 5.41) is 3.39. The number of rotatable bonds is 2. The Kier molecular flexibility index (Phi) is 4.13. The minimum atomic E-state index is 0.377. The van der Waals surface area contributed by atoms with Gasteiger partial charge in [0.1, 0.15) is 6.61 Å². The van der Waals surface area contributed by atoms with E-state index in [1.54, 1.807) is 0 Å². The third-order valence-electron chi connectivity index (χ3n) is 2.18. The van der Waals surface area contributed by atoms with Crippen LogP contribution in [0, 0.1) is 11.8 Å². The van der Waals surface area contributed by atoms with Crippen LogP contribution in [0.4, 0.5) is 0 Å². The molecule has 12 heavy (non-hydrogen) atoms. The minimum absolute atomic E-state index is 0.377. The second-order valence-electron chi connectivity index (χ2n) is 3.25. The Morgan fingerprint density at radius 3 is 2.92 bits per heavy atom. The Morgan fingerprint density at radius 1 is 1.50 bits per heavy atom. The van der Waals surface area contributed by atoms with Gasteiger partial charge < -0.3 is 10.1 Å². The SMILES string of the molecule is CC#CCOC1CCC(C)NC1. The normalized spacial score (nSPS) is 29.2. The summed E-state index contributed by atoms with van der Waals surface area (Å²) in [6.45, 7) is 5.61. The van der Waals surface area contributed by atoms with Gasteiger partial charge >= 0.3 is 0 Å². The van der Waals surface area contributed by atoms with Crippen LogP contribution in [0.15, 0.2) is 0 Å². The molecule has 0 bridgehead atoms. The number of piperidine rings is 1. The van der Waals surface area contributed by atoms with Crippen molar-refractivity contribution >= 4 is 0 Å². The number of nitrogens with one attached hydrogen (secondary N) is 1. The molecule has 0 aromatic rings. The zero-order valence-electron chi connectivity index (χ0n) is 7.89. The summed E-state index contributed by atoms with van der Waals surface area (Å²) < 4.78 is 5.54. The van der Waals surface area contributed by atoms with Gasteiger partial charge in [-0.25, -0.2) is 0 Å². The maximum Gasteiger partial charge on any atom is 0.108 e. The molecule has 0 amide bonds. The highest BCUT2D eigenvalue weighted by Crippen LogP contribution is 2.09. The molecule has 2 nitrogen and oxygen atoms in total. The lowest BCUT2D eigenvalue weighted by Gasteiger charge is -2.26. The fraction of sp³-hybridized carbons (Fsp3) is 0.800. The quantitative estimate of drug-likeness (QED) is 0.623. The Labute approximate surface area is 74.7 Å². The summed E-state index contributed by atoms with van der Waals surface area (Å²) in [5.74, 6) is 5.73. The van der Waals surface area contributed by atoms with E-state index in [1.165, 1.54) is 12.8 Å². The van der Waals surface area contributed by atoms with Gasteiger partial charge in [0.2, 0.25) is 0 Å². The predicted molar refractivity (Wildman–Crippen MR) is 49.9 cm³/mol. The zero-order chi connectivity index (χ0) is 8.81. The molecule has 68 valence electrons. The van der Waals surface area contributed by atoms with Crippen LogP contribution in [-0.2, 0) is 4.74 Å². The van der Waals surface area contributed by atoms with Gasteiger partial charge in [-0.2, -0.15) is 0 Å². The van der Waals surface area contributed by atoms with Gasteiger partial charge in [-0.05, 0) is 26.7 Å². The first-order chi connectivity index (χ1) is 5.83. The van der Waals surface area contributed by atoms with Crippen LogP contribution < -0.4 is 5.32 Å². The number of hydrogen-bond acceptors (Lipinski definition) is 2. The average molecular weight is 167 g/mol. The molecule has 1 N–H and O–H groups in total. The largest absolute Gasteiger partial charge is 0.364 e. The highest BCUT2D eigenvalue weighted by molar-refractivity contribution is 4.95. The smallest absolute Gasteiger partial charge is 0.108 e. The standard InChI is InChI=1S/C10H17NO/c1-3-4-7-12-10-6-5-9(2)11-8-10/h9-11H,5-8H2,1-2H3. The molecule has 1 heterocycles. The Bertz CT molecular complexity index is 172. The van der Waals surface area contributed by atoms with E-state index in [2.05, 4.69) is 24.1 Å². The molecule has 1 saturated heterocycles. The van der Waals surface area contributed by atoms with Crippen LogP contribution in [0.3, 0.4) is 0 Å². The molecule has 1 aliphatic heterocycles. The Morgan fingerprint density at radius 2 is 2.33 bits per heavy atom. The summed E-state index contributed by atoms with van der Waals surface area (Å²) in [6, 6.07) is 0.655. The van der Waals surface area contributed by atoms with Crippen molar-refractivity contribution in [2.24, 2.45) is 0 Å². The van der Waals surface area contributed by atoms with Gasteiger partial charge in [0, 0.05) is 12.6 Å². The fourth-order valence-corrected chi connectivity index (χ4v) is 1.35. The lowest BCUT2D eigenvalue weighted by atomic mass is 10.0. The maximum absolute atomic E-state index is 5.54. The molecule has 1 rings (SSSR count). The van der Waals surface area contributed by atoms with Crippen molar-refractivity contribution in [3.8, 4) is 11.8 Å². The molecule has 2 heteroatoms. The van der Waals surface area contributed by atoms with E-state index in [-0.39, 0.29) is 0 Å². The molecule has 1 fully saturated rings. The monoisotopic (exact) mass is 167 g/mol. The first-order valence-corrected chi connectivity index (χ1v) is 4.57. The van der Waals surface area contributed by atoms with E-state index in [9.17, 15) is 0 Å². The van der Waals surface area contributed by atoms with Crippen LogP contribution in [0.5, 0.6) is 0 Å². The van der Waals surface area contributed by atoms with Gasteiger partial charge in [-0.3, -0.25) is 0 Å². The molecule has 0 aliphatic carbocycles. The van der Waals surface area contributed by atoms with Crippen LogP contribution in [0.1, 0.15) is 26.7 Å². The van der Waals surface area contributed by atoms with E-state index in [0.717, 1.165) is 6.54 Å². The van der Waals surface area contributed by atoms with E-state index >= 15 is 0 Å². The molecular weight excluding hydrogens is 150 g/mol. The van der Waals surface area contributed by atoms with Crippen molar-refractivity contribution in [3.05, 3.63) is 0 Å². The van der Waals surface area contributed by atoms with Crippen molar-refractivity contribution in [1.82, 2.24) is 5.32 Å². The van der Waals surface area contributed by atoms with Crippen molar-refractivity contribution < 1.29 is 4.74 Å². The van der Waals surface area contributed by atoms with Crippen molar-refractivity contribution in [1.29, 1.82) is 0 Å². The van der Waals surface area contributed by atoms with Gasteiger partial charge in [-0.15, -0.1) is 5.92 Å². The third-order valence-corrected chi connectivity index (χ3v) is 2.18. The average Bonchev–Trinajstić information content (AvgIpc) is 2.09. The second kappa shape index (κ2) is 5.18. The van der Waals surface area contributed by atoms with E-state index < -0.39 is 0 Å². The van der Waals surface area contributed by atoms with Crippen LogP contribution in [-0.4, -0.2) is 25.3 Å². The van der Waals surface area contributed by atoms with Gasteiger partial charge in [-0.1, -0.05) is 5.92 Å². The van der Waals surface area contributed by atoms with E-state index in [0.29, 0.717) is 18.8 Å². The van der Waals surface area contributed by atoms with Crippen LogP contribution in [0.2, 0.25) is 0 Å². The number of ether oxygens (including phenoxy) is 1. The second-order valence-corrected chi connectivity index (χ2v) is 3.25. The van der Waals surface area contributed by atoms with Gasteiger partial charge in [0.15, 0.2) is 0 Å². The van der Waals surface area contributed by atoms with Gasteiger partial charge in [0.05, 0.1) is 6.10 Å². The summed E-state index contributed by atoms with van der Waals surface area (Å²) in [5.41, 5.74) is 0.